The Morgan fingerprint density at radius 3 is 3.11 bits per heavy atom. The molecule has 1 fully saturated rings. The zero-order valence-electron chi connectivity index (χ0n) is 10.4. The summed E-state index contributed by atoms with van der Waals surface area (Å²) in [7, 11) is 0. The first kappa shape index (κ1) is 12.4. The Kier molecular flexibility index (Phi) is 3.34. The molecule has 0 saturated carbocycles. The van der Waals surface area contributed by atoms with Crippen molar-refractivity contribution in [3.8, 4) is 0 Å². The van der Waals surface area contributed by atoms with Gasteiger partial charge in [-0.05, 0) is 30.5 Å². The van der Waals surface area contributed by atoms with Crippen molar-refractivity contribution >= 4 is 34.1 Å². The molecule has 1 aromatic rings. The predicted octanol–water partition coefficient (Wildman–Crippen LogP) is 3.17. The zero-order valence-corrected chi connectivity index (χ0v) is 12.6. The standard InChI is InChI=1S/C14H17IN2O/c1-2-9-8-12-14(18-7-6-17(12)15)10-4-3-5-11(16)13(9)10/h2-5,12,14H,6-8,16H2,1H3/b9-2-. The van der Waals surface area contributed by atoms with Crippen LogP contribution in [0.15, 0.2) is 24.3 Å². The second-order valence-corrected chi connectivity index (χ2v) is 6.05. The number of nitrogen functional groups attached to an aromatic ring is 1. The minimum Gasteiger partial charge on any atom is -0.398 e. The molecule has 0 amide bonds. The molecule has 0 radical (unpaired) electrons. The Labute approximate surface area is 121 Å². The van der Waals surface area contributed by atoms with Crippen LogP contribution in [0.25, 0.3) is 5.57 Å². The highest BCUT2D eigenvalue weighted by molar-refractivity contribution is 14.1. The molecule has 2 unspecified atom stereocenters. The second-order valence-electron chi connectivity index (χ2n) is 4.81. The number of hydrogen-bond donors (Lipinski definition) is 1. The molecule has 96 valence electrons. The summed E-state index contributed by atoms with van der Waals surface area (Å²) in [6.07, 6.45) is 3.37. The number of anilines is 1. The summed E-state index contributed by atoms with van der Waals surface area (Å²) in [6.45, 7) is 3.88. The van der Waals surface area contributed by atoms with Crippen molar-refractivity contribution in [2.45, 2.75) is 25.5 Å². The van der Waals surface area contributed by atoms with Crippen molar-refractivity contribution in [3.63, 3.8) is 0 Å². The molecule has 1 aromatic carbocycles. The number of benzene rings is 1. The van der Waals surface area contributed by atoms with Gasteiger partial charge in [-0.1, -0.05) is 18.2 Å². The zero-order chi connectivity index (χ0) is 12.7. The van der Waals surface area contributed by atoms with Gasteiger partial charge in [0.05, 0.1) is 18.8 Å². The number of halogens is 1. The Balaban J connectivity index is 2.14. The minimum atomic E-state index is 0.165. The number of fused-ring (bicyclic) bond motifs is 3. The number of allylic oxidation sites excluding steroid dienone is 1. The normalized spacial score (nSPS) is 30.0. The first-order valence-electron chi connectivity index (χ1n) is 6.30. The average molecular weight is 356 g/mol. The lowest BCUT2D eigenvalue weighted by atomic mass is 9.80. The van der Waals surface area contributed by atoms with E-state index in [1.807, 2.05) is 12.1 Å². The van der Waals surface area contributed by atoms with E-state index < -0.39 is 0 Å². The van der Waals surface area contributed by atoms with Gasteiger partial charge in [-0.3, -0.25) is 0 Å². The lowest BCUT2D eigenvalue weighted by Gasteiger charge is -2.42. The van der Waals surface area contributed by atoms with E-state index in [0.29, 0.717) is 6.04 Å². The molecular weight excluding hydrogens is 339 g/mol. The molecule has 4 heteroatoms. The van der Waals surface area contributed by atoms with E-state index in [2.05, 4.69) is 45.0 Å². The maximum absolute atomic E-state index is 6.15. The van der Waals surface area contributed by atoms with Crippen molar-refractivity contribution < 1.29 is 4.74 Å². The summed E-state index contributed by atoms with van der Waals surface area (Å²) >= 11 is 2.42. The van der Waals surface area contributed by atoms with Gasteiger partial charge in [0.2, 0.25) is 0 Å². The maximum Gasteiger partial charge on any atom is 0.0998 e. The van der Waals surface area contributed by atoms with Crippen molar-refractivity contribution in [2.75, 3.05) is 18.9 Å². The fourth-order valence-corrected chi connectivity index (χ4v) is 3.67. The lowest BCUT2D eigenvalue weighted by Crippen LogP contribution is -2.43. The van der Waals surface area contributed by atoms with Crippen LogP contribution in [-0.2, 0) is 4.74 Å². The summed E-state index contributed by atoms with van der Waals surface area (Å²) in [5, 5.41) is 0. The van der Waals surface area contributed by atoms with Crippen LogP contribution in [0, 0.1) is 0 Å². The minimum absolute atomic E-state index is 0.165. The monoisotopic (exact) mass is 356 g/mol. The predicted molar refractivity (Wildman–Crippen MR) is 82.3 cm³/mol. The van der Waals surface area contributed by atoms with Crippen molar-refractivity contribution in [1.29, 1.82) is 0 Å². The molecular formula is C14H17IN2O. The molecule has 2 atom stereocenters. The van der Waals surface area contributed by atoms with Gasteiger partial charge in [0, 0.05) is 40.7 Å². The van der Waals surface area contributed by atoms with Crippen LogP contribution in [0.5, 0.6) is 0 Å². The van der Waals surface area contributed by atoms with E-state index in [0.717, 1.165) is 25.3 Å². The highest BCUT2D eigenvalue weighted by atomic mass is 127. The topological polar surface area (TPSA) is 38.5 Å². The van der Waals surface area contributed by atoms with Gasteiger partial charge < -0.3 is 10.5 Å². The molecule has 18 heavy (non-hydrogen) atoms. The largest absolute Gasteiger partial charge is 0.398 e. The molecule has 2 N–H and O–H groups in total. The lowest BCUT2D eigenvalue weighted by molar-refractivity contribution is -0.0332. The fraction of sp³-hybridized carbons (Fsp3) is 0.429. The molecule has 0 spiro atoms. The van der Waals surface area contributed by atoms with Crippen molar-refractivity contribution in [2.24, 2.45) is 0 Å². The van der Waals surface area contributed by atoms with Crippen LogP contribution in [-0.4, -0.2) is 22.3 Å². The van der Waals surface area contributed by atoms with E-state index >= 15 is 0 Å². The Bertz CT molecular complexity index is 501. The molecule has 1 aliphatic heterocycles. The van der Waals surface area contributed by atoms with Gasteiger partial charge in [0.15, 0.2) is 0 Å². The van der Waals surface area contributed by atoms with Crippen LogP contribution in [0.2, 0.25) is 0 Å². The van der Waals surface area contributed by atoms with E-state index in [4.69, 9.17) is 10.5 Å². The Morgan fingerprint density at radius 1 is 1.50 bits per heavy atom. The van der Waals surface area contributed by atoms with Gasteiger partial charge in [0.1, 0.15) is 0 Å². The molecule has 0 aromatic heterocycles. The molecule has 3 rings (SSSR count). The number of nitrogens with zero attached hydrogens (tertiary/aromatic N) is 1. The van der Waals surface area contributed by atoms with Crippen molar-refractivity contribution in [1.82, 2.24) is 3.11 Å². The number of hydrogen-bond acceptors (Lipinski definition) is 3. The van der Waals surface area contributed by atoms with Crippen LogP contribution in [0.1, 0.15) is 30.6 Å². The highest BCUT2D eigenvalue weighted by Crippen LogP contribution is 2.45. The van der Waals surface area contributed by atoms with Gasteiger partial charge >= 0.3 is 0 Å². The SMILES string of the molecule is C/C=C1/CC2C(OCCN2I)c2cccc(N)c21. The van der Waals surface area contributed by atoms with Gasteiger partial charge in [-0.25, -0.2) is 3.11 Å². The molecule has 0 bridgehead atoms. The van der Waals surface area contributed by atoms with E-state index in [9.17, 15) is 0 Å². The summed E-state index contributed by atoms with van der Waals surface area (Å²) < 4.78 is 8.37. The highest BCUT2D eigenvalue weighted by Gasteiger charge is 2.38. The fourth-order valence-electron chi connectivity index (χ4n) is 2.98. The van der Waals surface area contributed by atoms with Crippen LogP contribution >= 0.6 is 22.9 Å². The molecule has 1 aliphatic carbocycles. The van der Waals surface area contributed by atoms with E-state index in [1.54, 1.807) is 0 Å². The molecule has 3 nitrogen and oxygen atoms in total. The summed E-state index contributed by atoms with van der Waals surface area (Å²) in [6, 6.07) is 6.59. The summed E-state index contributed by atoms with van der Waals surface area (Å²) in [5.74, 6) is 0. The molecule has 2 aliphatic rings. The number of ether oxygens (including phenoxy) is 1. The molecule has 1 saturated heterocycles. The molecule has 1 heterocycles. The van der Waals surface area contributed by atoms with E-state index in [1.165, 1.54) is 16.7 Å². The third-order valence-corrected chi connectivity index (χ3v) is 5.04. The number of morpholine rings is 1. The van der Waals surface area contributed by atoms with Gasteiger partial charge in [0.25, 0.3) is 0 Å². The Hall–Kier alpha value is -0.590. The first-order chi connectivity index (χ1) is 8.72. The summed E-state index contributed by atoms with van der Waals surface area (Å²) in [4.78, 5) is 0. The van der Waals surface area contributed by atoms with Crippen LogP contribution in [0.4, 0.5) is 5.69 Å². The van der Waals surface area contributed by atoms with Crippen LogP contribution < -0.4 is 5.73 Å². The van der Waals surface area contributed by atoms with Gasteiger partial charge in [-0.15, -0.1) is 0 Å². The third-order valence-electron chi connectivity index (χ3n) is 3.85. The quantitative estimate of drug-likeness (QED) is 0.441. The van der Waals surface area contributed by atoms with Crippen LogP contribution in [0.3, 0.4) is 0 Å². The summed E-state index contributed by atoms with van der Waals surface area (Å²) in [5.41, 5.74) is 10.8. The smallest absolute Gasteiger partial charge is 0.0998 e. The van der Waals surface area contributed by atoms with E-state index in [-0.39, 0.29) is 6.10 Å². The van der Waals surface area contributed by atoms with Gasteiger partial charge in [-0.2, -0.15) is 0 Å². The first-order valence-corrected chi connectivity index (χ1v) is 7.27. The average Bonchev–Trinajstić information content (AvgIpc) is 2.39. The maximum atomic E-state index is 6.15. The van der Waals surface area contributed by atoms with Crippen molar-refractivity contribution in [3.05, 3.63) is 35.4 Å². The Morgan fingerprint density at radius 2 is 2.33 bits per heavy atom. The number of nitrogens with two attached hydrogens (primary N) is 1. The third kappa shape index (κ3) is 1.87. The second kappa shape index (κ2) is 4.83. The number of rotatable bonds is 0.